The molecule has 1 aliphatic carbocycles. The molecule has 0 bridgehead atoms. The molecule has 0 fully saturated rings. The predicted molar refractivity (Wildman–Crippen MR) is 59.3 cm³/mol. The third-order valence-corrected chi connectivity index (χ3v) is 3.09. The summed E-state index contributed by atoms with van der Waals surface area (Å²) in [6, 6.07) is 10.0. The molecule has 1 N–H and O–H groups in total. The molecule has 1 aliphatic rings. The molecule has 2 atom stereocenters. The fraction of sp³-hybridized carbons (Fsp3) is 0.333. The summed E-state index contributed by atoms with van der Waals surface area (Å²) >= 11 is 6.15. The van der Waals surface area contributed by atoms with E-state index in [1.807, 2.05) is 30.3 Å². The maximum absolute atomic E-state index is 9.64. The van der Waals surface area contributed by atoms with Gasteiger partial charge in [0.05, 0.1) is 11.5 Å². The van der Waals surface area contributed by atoms with E-state index in [1.54, 1.807) is 0 Å². The maximum Gasteiger partial charge on any atom is 0.0847 e. The van der Waals surface area contributed by atoms with E-state index >= 15 is 0 Å². The summed E-state index contributed by atoms with van der Waals surface area (Å²) in [5, 5.41) is 9.38. The van der Waals surface area contributed by atoms with Crippen molar-refractivity contribution in [1.29, 1.82) is 0 Å². The van der Waals surface area contributed by atoms with Gasteiger partial charge < -0.3 is 5.11 Å². The van der Waals surface area contributed by atoms with E-state index in [9.17, 15) is 5.11 Å². The summed E-state index contributed by atoms with van der Waals surface area (Å²) in [6.45, 7) is 0. The molecule has 0 saturated heterocycles. The molecule has 0 unspecified atom stereocenters. The Bertz CT molecular complexity index is 331. The number of alkyl halides is 1. The van der Waals surface area contributed by atoms with E-state index in [0.717, 1.165) is 24.0 Å². The predicted octanol–water partition coefficient (Wildman–Crippen LogP) is 2.83. The van der Waals surface area contributed by atoms with Gasteiger partial charge in [0.15, 0.2) is 0 Å². The minimum absolute atomic E-state index is 0.258. The van der Waals surface area contributed by atoms with Crippen molar-refractivity contribution in [2.75, 3.05) is 0 Å². The highest BCUT2D eigenvalue weighted by Crippen LogP contribution is 2.31. The van der Waals surface area contributed by atoms with Crippen molar-refractivity contribution in [2.45, 2.75) is 24.3 Å². The van der Waals surface area contributed by atoms with Gasteiger partial charge in [0.25, 0.3) is 0 Å². The molecule has 0 radical (unpaired) electrons. The quantitative estimate of drug-likeness (QED) is 0.704. The average Bonchev–Trinajstić information content (AvgIpc) is 2.23. The molecule has 2 rings (SSSR count). The van der Waals surface area contributed by atoms with Gasteiger partial charge in [-0.2, -0.15) is 0 Å². The van der Waals surface area contributed by atoms with Gasteiger partial charge in [-0.1, -0.05) is 36.4 Å². The Hall–Kier alpha value is -0.790. The molecule has 1 nitrogen and oxygen atoms in total. The van der Waals surface area contributed by atoms with Gasteiger partial charge in [-0.15, -0.1) is 11.6 Å². The molecule has 0 heterocycles. The number of hydrogen-bond acceptors (Lipinski definition) is 1. The summed E-state index contributed by atoms with van der Waals surface area (Å²) < 4.78 is 0. The molecule has 0 aliphatic heterocycles. The Morgan fingerprint density at radius 2 is 1.93 bits per heavy atom. The molecule has 0 saturated carbocycles. The summed E-state index contributed by atoms with van der Waals surface area (Å²) in [5.41, 5.74) is 2.18. The second kappa shape index (κ2) is 4.16. The van der Waals surface area contributed by atoms with Crippen LogP contribution >= 0.6 is 11.6 Å². The van der Waals surface area contributed by atoms with Gasteiger partial charge in [0.1, 0.15) is 0 Å². The maximum atomic E-state index is 9.64. The van der Waals surface area contributed by atoms with Gasteiger partial charge >= 0.3 is 0 Å². The fourth-order valence-electron chi connectivity index (χ4n) is 1.78. The van der Waals surface area contributed by atoms with Gasteiger partial charge in [-0.25, -0.2) is 0 Å². The van der Waals surface area contributed by atoms with Gasteiger partial charge in [-0.3, -0.25) is 0 Å². The zero-order valence-electron chi connectivity index (χ0n) is 7.86. The second-order valence-corrected chi connectivity index (χ2v) is 4.04. The van der Waals surface area contributed by atoms with Crippen LogP contribution in [0.25, 0.3) is 5.57 Å². The summed E-state index contributed by atoms with van der Waals surface area (Å²) in [6.07, 6.45) is 3.40. The Morgan fingerprint density at radius 1 is 1.21 bits per heavy atom. The van der Waals surface area contributed by atoms with Crippen LogP contribution in [0.3, 0.4) is 0 Å². The fourth-order valence-corrected chi connectivity index (χ4v) is 2.12. The van der Waals surface area contributed by atoms with Crippen molar-refractivity contribution in [2.24, 2.45) is 0 Å². The molecule has 2 heteroatoms. The SMILES string of the molecule is O[C@H]1CCC=C(c2ccccc2)[C@H]1Cl. The molecular weight excluding hydrogens is 196 g/mol. The topological polar surface area (TPSA) is 20.2 Å². The van der Waals surface area contributed by atoms with Crippen molar-refractivity contribution in [3.8, 4) is 0 Å². The monoisotopic (exact) mass is 208 g/mol. The minimum Gasteiger partial charge on any atom is -0.391 e. The van der Waals surface area contributed by atoms with Crippen LogP contribution in [0.2, 0.25) is 0 Å². The summed E-state index contributed by atoms with van der Waals surface area (Å²) in [5.74, 6) is 0. The number of aliphatic hydroxyl groups excluding tert-OH is 1. The van der Waals surface area contributed by atoms with Crippen LogP contribution in [0, 0.1) is 0 Å². The number of hydrogen-bond donors (Lipinski definition) is 1. The van der Waals surface area contributed by atoms with Crippen molar-refractivity contribution < 1.29 is 5.11 Å². The van der Waals surface area contributed by atoms with Gasteiger partial charge in [0, 0.05) is 0 Å². The highest BCUT2D eigenvalue weighted by Gasteiger charge is 2.24. The Kier molecular flexibility index (Phi) is 2.90. The second-order valence-electron chi connectivity index (χ2n) is 3.57. The summed E-state index contributed by atoms with van der Waals surface area (Å²) in [7, 11) is 0. The first kappa shape index (κ1) is 9.75. The zero-order valence-corrected chi connectivity index (χ0v) is 8.61. The van der Waals surface area contributed by atoms with Crippen molar-refractivity contribution >= 4 is 17.2 Å². The highest BCUT2D eigenvalue weighted by atomic mass is 35.5. The Morgan fingerprint density at radius 3 is 2.64 bits per heavy atom. The largest absolute Gasteiger partial charge is 0.391 e. The lowest BCUT2D eigenvalue weighted by Crippen LogP contribution is -2.25. The van der Waals surface area contributed by atoms with Crippen LogP contribution in [0.5, 0.6) is 0 Å². The molecule has 0 aromatic heterocycles. The van der Waals surface area contributed by atoms with Crippen LogP contribution in [0.4, 0.5) is 0 Å². The van der Waals surface area contributed by atoms with Gasteiger partial charge in [0.2, 0.25) is 0 Å². The van der Waals surface area contributed by atoms with E-state index in [0.29, 0.717) is 0 Å². The lowest BCUT2D eigenvalue weighted by atomic mass is 9.91. The molecular formula is C12H13ClO. The summed E-state index contributed by atoms with van der Waals surface area (Å²) in [4.78, 5) is 0. The van der Waals surface area contributed by atoms with E-state index in [4.69, 9.17) is 11.6 Å². The molecule has 1 aromatic carbocycles. The first-order valence-corrected chi connectivity index (χ1v) is 5.30. The number of rotatable bonds is 1. The smallest absolute Gasteiger partial charge is 0.0847 e. The lowest BCUT2D eigenvalue weighted by Gasteiger charge is -2.24. The number of allylic oxidation sites excluding steroid dienone is 1. The van der Waals surface area contributed by atoms with Crippen LogP contribution < -0.4 is 0 Å². The van der Waals surface area contributed by atoms with E-state index in [1.165, 1.54) is 0 Å². The standard InChI is InChI=1S/C12H13ClO/c13-12-10(7-4-8-11(12)14)9-5-2-1-3-6-9/h1-3,5-7,11-12,14H,4,8H2/t11-,12+/m0/s1. The molecule has 14 heavy (non-hydrogen) atoms. The molecule has 0 spiro atoms. The molecule has 0 amide bonds. The van der Waals surface area contributed by atoms with Crippen molar-refractivity contribution in [3.63, 3.8) is 0 Å². The molecule has 1 aromatic rings. The number of aliphatic hydroxyl groups is 1. The zero-order chi connectivity index (χ0) is 9.97. The molecule has 74 valence electrons. The number of halogens is 1. The van der Waals surface area contributed by atoms with Crippen molar-refractivity contribution in [1.82, 2.24) is 0 Å². The first-order valence-electron chi connectivity index (χ1n) is 4.86. The van der Waals surface area contributed by atoms with Crippen LogP contribution in [-0.4, -0.2) is 16.6 Å². The Labute approximate surface area is 89.0 Å². The first-order chi connectivity index (χ1) is 6.79. The van der Waals surface area contributed by atoms with Gasteiger partial charge in [-0.05, 0) is 24.0 Å². The van der Waals surface area contributed by atoms with Crippen LogP contribution in [0.1, 0.15) is 18.4 Å². The number of benzene rings is 1. The van der Waals surface area contributed by atoms with Crippen LogP contribution in [-0.2, 0) is 0 Å². The van der Waals surface area contributed by atoms with E-state index in [-0.39, 0.29) is 5.38 Å². The average molecular weight is 209 g/mol. The minimum atomic E-state index is -0.406. The highest BCUT2D eigenvalue weighted by molar-refractivity contribution is 6.27. The van der Waals surface area contributed by atoms with E-state index in [2.05, 4.69) is 6.08 Å². The van der Waals surface area contributed by atoms with Crippen molar-refractivity contribution in [3.05, 3.63) is 42.0 Å². The normalized spacial score (nSPS) is 27.1. The Balaban J connectivity index is 2.30. The van der Waals surface area contributed by atoms with E-state index < -0.39 is 6.10 Å². The lowest BCUT2D eigenvalue weighted by molar-refractivity contribution is 0.170. The van der Waals surface area contributed by atoms with Crippen LogP contribution in [0.15, 0.2) is 36.4 Å². The third kappa shape index (κ3) is 1.84. The third-order valence-electron chi connectivity index (χ3n) is 2.57.